The second-order valence-corrected chi connectivity index (χ2v) is 17.4. The molecule has 0 spiro atoms. The topological polar surface area (TPSA) is 122 Å². The van der Waals surface area contributed by atoms with Gasteiger partial charge in [-0.3, -0.25) is 4.79 Å². The molecule has 9 heteroatoms. The van der Waals surface area contributed by atoms with Gasteiger partial charge in [0, 0.05) is 12.5 Å². The minimum atomic E-state index is -3.05. The molecule has 1 amide bonds. The van der Waals surface area contributed by atoms with Crippen LogP contribution in [0.25, 0.3) is 0 Å². The summed E-state index contributed by atoms with van der Waals surface area (Å²) in [6, 6.07) is 1.59. The van der Waals surface area contributed by atoms with E-state index in [4.69, 9.17) is 0 Å². The first kappa shape index (κ1) is 29.6. The highest BCUT2D eigenvalue weighted by Crippen LogP contribution is 2.68. The number of amides is 1. The molecule has 0 bridgehead atoms. The standard InChI is InChI=1S/C32H51N3O5S/c1-19(5-10-30(38)33-29-15-20(2)34-35(29)22-12-14-41(39,40)18-22)25-8-9-26-24-7-6-21-16-23(36)11-13-31(21,3)27(24)17-28(37)32(25,26)4/h15,19,21-28,36-37H,5-14,16-18H2,1-4H3,(H,33,38)/t19-,21+,22-,23-,24+,25+,26-,27-,28+,31+,32-/m1/s1. The molecule has 6 rings (SSSR count). The second kappa shape index (κ2) is 10.6. The van der Waals surface area contributed by atoms with E-state index in [2.05, 4.69) is 31.2 Å². The number of fused-ring (bicyclic) bond motifs is 5. The maximum absolute atomic E-state index is 13.1. The van der Waals surface area contributed by atoms with Gasteiger partial charge in [0.05, 0.1) is 35.4 Å². The van der Waals surface area contributed by atoms with Crippen LogP contribution in [0.1, 0.15) is 103 Å². The van der Waals surface area contributed by atoms with Crippen LogP contribution in [0.5, 0.6) is 0 Å². The van der Waals surface area contributed by atoms with Crippen molar-refractivity contribution in [3.63, 3.8) is 0 Å². The Kier molecular flexibility index (Phi) is 7.67. The molecular weight excluding hydrogens is 538 g/mol. The minimum absolute atomic E-state index is 0.0615. The first-order valence-corrected chi connectivity index (χ1v) is 18.1. The quantitative estimate of drug-likeness (QED) is 0.434. The predicted molar refractivity (Wildman–Crippen MR) is 159 cm³/mol. The predicted octanol–water partition coefficient (Wildman–Crippen LogP) is 4.90. The SMILES string of the molecule is Cc1cc(NC(=O)CC[C@@H](C)[C@@H]2CC[C@@H]3[C@@H]4CC[C@H]5C[C@H](O)CC[C@]5(C)[C@@H]4C[C@H](O)[C@@]32C)n([C@@H]2CCS(=O)(=O)C2)n1. The molecule has 0 unspecified atom stereocenters. The number of carbonyl (C=O) groups is 1. The minimum Gasteiger partial charge on any atom is -0.393 e. The summed E-state index contributed by atoms with van der Waals surface area (Å²) >= 11 is 0. The Morgan fingerprint density at radius 1 is 1.12 bits per heavy atom. The highest BCUT2D eigenvalue weighted by molar-refractivity contribution is 7.91. The van der Waals surface area contributed by atoms with E-state index in [0.29, 0.717) is 54.2 Å². The van der Waals surface area contributed by atoms with Crippen LogP contribution < -0.4 is 5.32 Å². The van der Waals surface area contributed by atoms with Crippen LogP contribution in [0.15, 0.2) is 6.07 Å². The van der Waals surface area contributed by atoms with Crippen molar-refractivity contribution in [2.45, 2.75) is 117 Å². The van der Waals surface area contributed by atoms with Crippen LogP contribution in [0.3, 0.4) is 0 Å². The molecule has 3 N–H and O–H groups in total. The Labute approximate surface area is 246 Å². The Morgan fingerprint density at radius 2 is 1.90 bits per heavy atom. The van der Waals surface area contributed by atoms with Crippen molar-refractivity contribution in [2.24, 2.45) is 46.3 Å². The van der Waals surface area contributed by atoms with Crippen LogP contribution in [-0.4, -0.2) is 58.0 Å². The van der Waals surface area contributed by atoms with Gasteiger partial charge in [0.15, 0.2) is 9.84 Å². The number of aliphatic hydroxyl groups excluding tert-OH is 2. The van der Waals surface area contributed by atoms with Crippen molar-refractivity contribution in [3.8, 4) is 0 Å². The van der Waals surface area contributed by atoms with E-state index < -0.39 is 9.84 Å². The summed E-state index contributed by atoms with van der Waals surface area (Å²) in [5, 5.41) is 29.7. The van der Waals surface area contributed by atoms with Gasteiger partial charge in [0.25, 0.3) is 0 Å². The van der Waals surface area contributed by atoms with Gasteiger partial charge < -0.3 is 15.5 Å². The van der Waals surface area contributed by atoms with Gasteiger partial charge in [-0.1, -0.05) is 20.8 Å². The Balaban J connectivity index is 1.10. The van der Waals surface area contributed by atoms with Crippen LogP contribution in [0.4, 0.5) is 5.82 Å². The van der Waals surface area contributed by atoms with Gasteiger partial charge in [-0.15, -0.1) is 0 Å². The summed E-state index contributed by atoms with van der Waals surface area (Å²) in [7, 11) is -3.05. The number of hydrogen-bond acceptors (Lipinski definition) is 6. The number of nitrogens with zero attached hydrogens (tertiary/aromatic N) is 2. The van der Waals surface area contributed by atoms with Gasteiger partial charge in [-0.25, -0.2) is 13.1 Å². The third-order valence-electron chi connectivity index (χ3n) is 13.0. The Morgan fingerprint density at radius 3 is 2.63 bits per heavy atom. The summed E-state index contributed by atoms with van der Waals surface area (Å²) in [5.74, 6) is 3.79. The fourth-order valence-electron chi connectivity index (χ4n) is 10.8. The fraction of sp³-hybridized carbons (Fsp3) is 0.875. The lowest BCUT2D eigenvalue weighted by Crippen LogP contribution is -2.58. The summed E-state index contributed by atoms with van der Waals surface area (Å²) in [6.45, 7) is 8.94. The van der Waals surface area contributed by atoms with Crippen molar-refractivity contribution < 1.29 is 23.4 Å². The van der Waals surface area contributed by atoms with E-state index in [1.807, 2.05) is 13.0 Å². The number of rotatable bonds is 6. The van der Waals surface area contributed by atoms with E-state index in [9.17, 15) is 23.4 Å². The molecule has 1 aromatic rings. The second-order valence-electron chi connectivity index (χ2n) is 15.1. The average molecular weight is 590 g/mol. The van der Waals surface area contributed by atoms with Crippen LogP contribution in [0, 0.1) is 53.3 Å². The van der Waals surface area contributed by atoms with Gasteiger partial charge in [-0.2, -0.15) is 5.10 Å². The van der Waals surface area contributed by atoms with E-state index in [-0.39, 0.29) is 46.5 Å². The maximum atomic E-state index is 13.1. The Hall–Kier alpha value is -1.45. The molecular formula is C32H51N3O5S. The zero-order valence-electron chi connectivity index (χ0n) is 25.4. The largest absolute Gasteiger partial charge is 0.393 e. The van der Waals surface area contributed by atoms with E-state index >= 15 is 0 Å². The van der Waals surface area contributed by atoms with Crippen LogP contribution in [-0.2, 0) is 14.6 Å². The van der Waals surface area contributed by atoms with Crippen molar-refractivity contribution >= 4 is 21.6 Å². The molecule has 4 saturated carbocycles. The molecule has 1 aliphatic heterocycles. The number of anilines is 1. The maximum Gasteiger partial charge on any atom is 0.225 e. The van der Waals surface area contributed by atoms with Crippen molar-refractivity contribution in [1.82, 2.24) is 9.78 Å². The van der Waals surface area contributed by atoms with Crippen LogP contribution >= 0.6 is 0 Å². The number of sulfone groups is 1. The molecule has 0 aromatic carbocycles. The highest BCUT2D eigenvalue weighted by atomic mass is 32.2. The number of aliphatic hydroxyl groups is 2. The lowest BCUT2D eigenvalue weighted by Gasteiger charge is -2.62. The lowest BCUT2D eigenvalue weighted by atomic mass is 9.43. The molecule has 5 aliphatic rings. The average Bonchev–Trinajstić information content (AvgIpc) is 3.58. The third kappa shape index (κ3) is 5.09. The lowest BCUT2D eigenvalue weighted by molar-refractivity contribution is -0.174. The number of aromatic nitrogens is 2. The van der Waals surface area contributed by atoms with Gasteiger partial charge in [-0.05, 0) is 117 Å². The third-order valence-corrected chi connectivity index (χ3v) is 14.8. The molecule has 11 atom stereocenters. The smallest absolute Gasteiger partial charge is 0.225 e. The summed E-state index contributed by atoms with van der Waals surface area (Å²) in [6.07, 6.45) is 9.73. The van der Waals surface area contributed by atoms with E-state index in [1.165, 1.54) is 19.3 Å². The Bertz CT molecular complexity index is 1260. The normalized spacial score (nSPS) is 44.0. The van der Waals surface area contributed by atoms with Gasteiger partial charge in [0.1, 0.15) is 5.82 Å². The van der Waals surface area contributed by atoms with Crippen molar-refractivity contribution in [2.75, 3.05) is 16.8 Å². The molecule has 8 nitrogen and oxygen atoms in total. The van der Waals surface area contributed by atoms with Crippen molar-refractivity contribution in [3.05, 3.63) is 11.8 Å². The fourth-order valence-corrected chi connectivity index (χ4v) is 12.5. The molecule has 1 aromatic heterocycles. The molecule has 1 saturated heterocycles. The van der Waals surface area contributed by atoms with Crippen molar-refractivity contribution in [1.29, 1.82) is 0 Å². The molecule has 0 radical (unpaired) electrons. The summed E-state index contributed by atoms with van der Waals surface area (Å²) in [5.41, 5.74) is 0.887. The zero-order chi connectivity index (χ0) is 29.3. The van der Waals surface area contributed by atoms with E-state index in [1.54, 1.807) is 4.68 Å². The first-order valence-electron chi connectivity index (χ1n) is 16.2. The number of hydrogen-bond donors (Lipinski definition) is 3. The molecule has 2 heterocycles. The molecule has 5 fully saturated rings. The van der Waals surface area contributed by atoms with Gasteiger partial charge in [0.2, 0.25) is 5.91 Å². The molecule has 230 valence electrons. The van der Waals surface area contributed by atoms with Crippen LogP contribution in [0.2, 0.25) is 0 Å². The molecule has 41 heavy (non-hydrogen) atoms. The molecule has 4 aliphatic carbocycles. The number of aryl methyl sites for hydroxylation is 1. The summed E-state index contributed by atoms with van der Waals surface area (Å²) < 4.78 is 25.7. The van der Waals surface area contributed by atoms with E-state index in [0.717, 1.165) is 44.2 Å². The monoisotopic (exact) mass is 589 g/mol. The van der Waals surface area contributed by atoms with Gasteiger partial charge >= 0.3 is 0 Å². The number of nitrogens with one attached hydrogen (secondary N) is 1. The first-order chi connectivity index (χ1) is 19.3. The zero-order valence-corrected chi connectivity index (χ0v) is 26.2. The highest BCUT2D eigenvalue weighted by Gasteiger charge is 2.63. The summed E-state index contributed by atoms with van der Waals surface area (Å²) in [4.78, 5) is 13.1. The number of carbonyl (C=O) groups excluding carboxylic acids is 1.